The summed E-state index contributed by atoms with van der Waals surface area (Å²) in [5.74, 6) is 0.972. The Hall–Kier alpha value is -2.55. The highest BCUT2D eigenvalue weighted by Gasteiger charge is 2.20. The molecule has 1 amide bonds. The van der Waals surface area contributed by atoms with E-state index in [0.717, 1.165) is 54.6 Å². The topological polar surface area (TPSA) is 38.3 Å². The highest BCUT2D eigenvalue weighted by Crippen LogP contribution is 2.30. The van der Waals surface area contributed by atoms with Crippen LogP contribution in [0.4, 0.5) is 0 Å². The van der Waals surface area contributed by atoms with Crippen LogP contribution in [0.1, 0.15) is 42.4 Å². The Kier molecular flexibility index (Phi) is 6.11. The standard InChI is InChI=1S/C23H27NO2/c1-17-11-13-18(14-12-17)16-24-23(25)21-9-5-3-7-19(21)15-20-8-4-6-10-22(20)26-2/h4,6,8,10-14H,3,5,7,9,15-16H2,1-2H3,(H,24,25). The first kappa shape index (κ1) is 18.2. The van der Waals surface area contributed by atoms with Crippen molar-refractivity contribution >= 4 is 5.91 Å². The second-order valence-electron chi connectivity index (χ2n) is 6.95. The van der Waals surface area contributed by atoms with Gasteiger partial charge in [-0.15, -0.1) is 0 Å². The number of amides is 1. The average Bonchev–Trinajstić information content (AvgIpc) is 2.68. The summed E-state index contributed by atoms with van der Waals surface area (Å²) in [4.78, 5) is 12.8. The zero-order valence-corrected chi connectivity index (χ0v) is 15.7. The van der Waals surface area contributed by atoms with Gasteiger partial charge in [0.1, 0.15) is 5.75 Å². The Morgan fingerprint density at radius 1 is 1.04 bits per heavy atom. The summed E-state index contributed by atoms with van der Waals surface area (Å²) in [6.07, 6.45) is 4.88. The largest absolute Gasteiger partial charge is 0.496 e. The minimum Gasteiger partial charge on any atom is -0.496 e. The van der Waals surface area contributed by atoms with Gasteiger partial charge in [-0.2, -0.15) is 0 Å². The van der Waals surface area contributed by atoms with Gasteiger partial charge in [-0.25, -0.2) is 0 Å². The molecule has 3 nitrogen and oxygen atoms in total. The third-order valence-corrected chi connectivity index (χ3v) is 5.03. The van der Waals surface area contributed by atoms with Crippen molar-refractivity contribution in [1.29, 1.82) is 0 Å². The Bertz CT molecular complexity index is 790. The van der Waals surface area contributed by atoms with Crippen molar-refractivity contribution < 1.29 is 9.53 Å². The molecular formula is C23H27NO2. The minimum absolute atomic E-state index is 0.0789. The predicted molar refractivity (Wildman–Crippen MR) is 105 cm³/mol. The lowest BCUT2D eigenvalue weighted by molar-refractivity contribution is -0.117. The van der Waals surface area contributed by atoms with E-state index in [1.165, 1.54) is 11.1 Å². The van der Waals surface area contributed by atoms with E-state index in [-0.39, 0.29) is 5.91 Å². The number of carbonyl (C=O) groups excluding carboxylic acids is 1. The van der Waals surface area contributed by atoms with Gasteiger partial charge in [0.05, 0.1) is 7.11 Å². The molecule has 26 heavy (non-hydrogen) atoms. The third kappa shape index (κ3) is 4.54. The van der Waals surface area contributed by atoms with Crippen molar-refractivity contribution in [3.05, 3.63) is 76.4 Å². The number of para-hydroxylation sites is 1. The van der Waals surface area contributed by atoms with E-state index in [1.807, 2.05) is 18.2 Å². The van der Waals surface area contributed by atoms with Crippen LogP contribution in [0.3, 0.4) is 0 Å². The zero-order chi connectivity index (χ0) is 18.4. The lowest BCUT2D eigenvalue weighted by atomic mass is 9.87. The highest BCUT2D eigenvalue weighted by molar-refractivity contribution is 5.94. The van der Waals surface area contributed by atoms with Crippen LogP contribution in [0, 0.1) is 6.92 Å². The van der Waals surface area contributed by atoms with Crippen LogP contribution in [0.15, 0.2) is 59.7 Å². The summed E-state index contributed by atoms with van der Waals surface area (Å²) in [6, 6.07) is 16.4. The molecule has 0 heterocycles. The fraction of sp³-hybridized carbons (Fsp3) is 0.348. The van der Waals surface area contributed by atoms with Crippen LogP contribution in [-0.4, -0.2) is 13.0 Å². The van der Waals surface area contributed by atoms with Crippen molar-refractivity contribution in [2.24, 2.45) is 0 Å². The maximum atomic E-state index is 12.8. The summed E-state index contributed by atoms with van der Waals surface area (Å²) in [5, 5.41) is 3.10. The number of ether oxygens (including phenoxy) is 1. The van der Waals surface area contributed by atoms with Crippen LogP contribution in [0.25, 0.3) is 0 Å². The van der Waals surface area contributed by atoms with Crippen LogP contribution < -0.4 is 10.1 Å². The third-order valence-electron chi connectivity index (χ3n) is 5.03. The van der Waals surface area contributed by atoms with E-state index < -0.39 is 0 Å². The molecule has 0 atom stereocenters. The average molecular weight is 349 g/mol. The molecule has 0 saturated carbocycles. The molecule has 2 aromatic rings. The molecule has 1 N–H and O–H groups in total. The maximum absolute atomic E-state index is 12.8. The molecule has 0 unspecified atom stereocenters. The van der Waals surface area contributed by atoms with Gasteiger partial charge in [0.15, 0.2) is 0 Å². The van der Waals surface area contributed by atoms with Gasteiger partial charge >= 0.3 is 0 Å². The maximum Gasteiger partial charge on any atom is 0.247 e. The fourth-order valence-electron chi connectivity index (χ4n) is 3.51. The molecule has 0 spiro atoms. The first-order chi connectivity index (χ1) is 12.7. The molecule has 136 valence electrons. The molecule has 0 radical (unpaired) electrons. The van der Waals surface area contributed by atoms with Crippen LogP contribution in [0.5, 0.6) is 5.75 Å². The number of nitrogens with one attached hydrogen (secondary N) is 1. The molecule has 3 rings (SSSR count). The Morgan fingerprint density at radius 2 is 1.77 bits per heavy atom. The molecule has 0 fully saturated rings. The number of hydrogen-bond donors (Lipinski definition) is 1. The molecule has 0 aliphatic heterocycles. The summed E-state index contributed by atoms with van der Waals surface area (Å²) in [6.45, 7) is 2.64. The number of allylic oxidation sites excluding steroid dienone is 1. The van der Waals surface area contributed by atoms with Crippen LogP contribution in [-0.2, 0) is 17.8 Å². The van der Waals surface area contributed by atoms with Crippen LogP contribution >= 0.6 is 0 Å². The molecular weight excluding hydrogens is 322 g/mol. The van der Waals surface area contributed by atoms with E-state index in [1.54, 1.807) is 7.11 Å². The number of hydrogen-bond acceptors (Lipinski definition) is 2. The smallest absolute Gasteiger partial charge is 0.247 e. The van der Waals surface area contributed by atoms with Crippen molar-refractivity contribution in [1.82, 2.24) is 5.32 Å². The Balaban J connectivity index is 1.73. The summed E-state index contributed by atoms with van der Waals surface area (Å²) in [5.41, 5.74) is 5.73. The van der Waals surface area contributed by atoms with E-state index in [0.29, 0.717) is 6.54 Å². The molecule has 0 saturated heterocycles. The van der Waals surface area contributed by atoms with Gasteiger partial charge in [-0.05, 0) is 56.2 Å². The quantitative estimate of drug-likeness (QED) is 0.818. The number of aryl methyl sites for hydroxylation is 1. The number of rotatable bonds is 6. The molecule has 3 heteroatoms. The minimum atomic E-state index is 0.0789. The van der Waals surface area contributed by atoms with Crippen molar-refractivity contribution in [2.45, 2.75) is 45.6 Å². The fourth-order valence-corrected chi connectivity index (χ4v) is 3.51. The first-order valence-corrected chi connectivity index (χ1v) is 9.34. The number of benzene rings is 2. The summed E-state index contributed by atoms with van der Waals surface area (Å²) >= 11 is 0. The van der Waals surface area contributed by atoms with Gasteiger partial charge in [-0.1, -0.05) is 53.6 Å². The summed E-state index contributed by atoms with van der Waals surface area (Å²) in [7, 11) is 1.70. The lowest BCUT2D eigenvalue weighted by Crippen LogP contribution is -2.27. The predicted octanol–water partition coefficient (Wildman–Crippen LogP) is 4.73. The van der Waals surface area contributed by atoms with Crippen molar-refractivity contribution in [2.75, 3.05) is 7.11 Å². The van der Waals surface area contributed by atoms with Gasteiger partial charge in [-0.3, -0.25) is 4.79 Å². The normalized spacial score (nSPS) is 14.2. The van der Waals surface area contributed by atoms with Gasteiger partial charge < -0.3 is 10.1 Å². The molecule has 0 aromatic heterocycles. The first-order valence-electron chi connectivity index (χ1n) is 9.34. The van der Waals surface area contributed by atoms with Gasteiger partial charge in [0.2, 0.25) is 5.91 Å². The van der Waals surface area contributed by atoms with Gasteiger partial charge in [0.25, 0.3) is 0 Å². The molecule has 2 aromatic carbocycles. The van der Waals surface area contributed by atoms with Crippen molar-refractivity contribution in [3.8, 4) is 5.75 Å². The lowest BCUT2D eigenvalue weighted by Gasteiger charge is -2.21. The van der Waals surface area contributed by atoms with E-state index in [4.69, 9.17) is 4.74 Å². The second-order valence-corrected chi connectivity index (χ2v) is 6.95. The second kappa shape index (κ2) is 8.70. The van der Waals surface area contributed by atoms with E-state index in [9.17, 15) is 4.79 Å². The zero-order valence-electron chi connectivity index (χ0n) is 15.7. The Morgan fingerprint density at radius 3 is 2.54 bits per heavy atom. The molecule has 1 aliphatic rings. The highest BCUT2D eigenvalue weighted by atomic mass is 16.5. The molecule has 0 bridgehead atoms. The SMILES string of the molecule is COc1ccccc1CC1=C(C(=O)NCc2ccc(C)cc2)CCCC1. The summed E-state index contributed by atoms with van der Waals surface area (Å²) < 4.78 is 5.47. The van der Waals surface area contributed by atoms with E-state index in [2.05, 4.69) is 42.6 Å². The number of carbonyl (C=O) groups is 1. The van der Waals surface area contributed by atoms with Crippen LogP contribution in [0.2, 0.25) is 0 Å². The monoisotopic (exact) mass is 349 g/mol. The number of methoxy groups -OCH3 is 1. The van der Waals surface area contributed by atoms with Gasteiger partial charge in [0, 0.05) is 12.1 Å². The van der Waals surface area contributed by atoms with Crippen molar-refractivity contribution in [3.63, 3.8) is 0 Å². The molecule has 1 aliphatic carbocycles. The van der Waals surface area contributed by atoms with E-state index >= 15 is 0 Å². The Labute approximate surface area is 156 Å².